The van der Waals surface area contributed by atoms with E-state index in [0.29, 0.717) is 30.3 Å². The molecule has 0 unspecified atom stereocenters. The van der Waals surface area contributed by atoms with Crippen LogP contribution in [0.25, 0.3) is 10.8 Å². The van der Waals surface area contributed by atoms with Crippen LogP contribution in [0, 0.1) is 5.92 Å². The third-order valence-electron chi connectivity index (χ3n) is 7.57. The summed E-state index contributed by atoms with van der Waals surface area (Å²) in [5.74, 6) is -0.702. The SMILES string of the molecule is O=C(N[C@@H]1CCCC[C@H]1NC(=O)[C@@H]1CCCN(S(=O)(=O)c2cccc3ccccc23)C1)c1ccccc1. The number of nitrogens with zero attached hydrogens (tertiary/aromatic N) is 1. The Morgan fingerprint density at radius 3 is 2.22 bits per heavy atom. The second-order valence-corrected chi connectivity index (χ2v) is 11.9. The Bertz CT molecular complexity index is 1370. The number of carbonyl (C=O) groups is 2. The molecule has 7 nitrogen and oxygen atoms in total. The molecule has 0 radical (unpaired) electrons. The molecule has 194 valence electrons. The summed E-state index contributed by atoms with van der Waals surface area (Å²) in [6, 6.07) is 21.5. The predicted octanol–water partition coefficient (Wildman–Crippen LogP) is 4.10. The molecule has 5 rings (SSSR count). The molecular formula is C29H33N3O4S. The molecule has 3 aromatic rings. The van der Waals surface area contributed by atoms with E-state index in [1.54, 1.807) is 24.3 Å². The zero-order valence-corrected chi connectivity index (χ0v) is 21.6. The van der Waals surface area contributed by atoms with Crippen LogP contribution in [0.4, 0.5) is 0 Å². The van der Waals surface area contributed by atoms with E-state index in [-0.39, 0.29) is 35.3 Å². The Morgan fingerprint density at radius 1 is 0.757 bits per heavy atom. The Hall–Kier alpha value is -3.23. The maximum atomic E-state index is 13.6. The highest BCUT2D eigenvalue weighted by Gasteiger charge is 2.36. The van der Waals surface area contributed by atoms with Gasteiger partial charge in [-0.15, -0.1) is 0 Å². The van der Waals surface area contributed by atoms with Gasteiger partial charge in [0.25, 0.3) is 5.91 Å². The first kappa shape index (κ1) is 25.4. The van der Waals surface area contributed by atoms with E-state index in [9.17, 15) is 18.0 Å². The Labute approximate surface area is 218 Å². The lowest BCUT2D eigenvalue weighted by atomic mass is 9.89. The van der Waals surface area contributed by atoms with Gasteiger partial charge in [-0.25, -0.2) is 8.42 Å². The highest BCUT2D eigenvalue weighted by atomic mass is 32.2. The third kappa shape index (κ3) is 5.55. The van der Waals surface area contributed by atoms with E-state index in [1.807, 2.05) is 48.5 Å². The first-order valence-electron chi connectivity index (χ1n) is 13.1. The van der Waals surface area contributed by atoms with Gasteiger partial charge >= 0.3 is 0 Å². The van der Waals surface area contributed by atoms with Crippen molar-refractivity contribution in [3.8, 4) is 0 Å². The highest BCUT2D eigenvalue weighted by molar-refractivity contribution is 7.89. The van der Waals surface area contributed by atoms with Gasteiger partial charge in [0.2, 0.25) is 15.9 Å². The number of amides is 2. The van der Waals surface area contributed by atoms with Crippen molar-refractivity contribution in [1.82, 2.24) is 14.9 Å². The molecule has 2 N–H and O–H groups in total. The zero-order chi connectivity index (χ0) is 25.8. The Balaban J connectivity index is 1.27. The molecule has 1 saturated carbocycles. The van der Waals surface area contributed by atoms with Crippen molar-refractivity contribution in [3.05, 3.63) is 78.4 Å². The molecule has 2 fully saturated rings. The van der Waals surface area contributed by atoms with Gasteiger partial charge in [-0.05, 0) is 49.3 Å². The lowest BCUT2D eigenvalue weighted by Gasteiger charge is -2.36. The Morgan fingerprint density at radius 2 is 1.43 bits per heavy atom. The second-order valence-electron chi connectivity index (χ2n) is 10.0. The van der Waals surface area contributed by atoms with Crippen molar-refractivity contribution >= 4 is 32.6 Å². The van der Waals surface area contributed by atoms with Crippen LogP contribution in [0.15, 0.2) is 77.7 Å². The maximum absolute atomic E-state index is 13.6. The molecule has 1 aliphatic heterocycles. The van der Waals surface area contributed by atoms with Gasteiger partial charge in [0.15, 0.2) is 0 Å². The quantitative estimate of drug-likeness (QED) is 0.513. The van der Waals surface area contributed by atoms with Crippen molar-refractivity contribution in [2.45, 2.75) is 55.5 Å². The summed E-state index contributed by atoms with van der Waals surface area (Å²) in [5, 5.41) is 7.83. The molecule has 1 aliphatic carbocycles. The molecule has 1 saturated heterocycles. The van der Waals surface area contributed by atoms with Crippen molar-refractivity contribution in [2.75, 3.05) is 13.1 Å². The minimum Gasteiger partial charge on any atom is -0.351 e. The molecule has 8 heteroatoms. The summed E-state index contributed by atoms with van der Waals surface area (Å²) in [6.07, 6.45) is 4.83. The van der Waals surface area contributed by atoms with E-state index >= 15 is 0 Å². The number of fused-ring (bicyclic) bond motifs is 1. The van der Waals surface area contributed by atoms with Gasteiger partial charge < -0.3 is 10.6 Å². The maximum Gasteiger partial charge on any atom is 0.251 e. The first-order valence-corrected chi connectivity index (χ1v) is 14.5. The van der Waals surface area contributed by atoms with Crippen molar-refractivity contribution in [2.24, 2.45) is 5.92 Å². The molecule has 0 bridgehead atoms. The minimum absolute atomic E-state index is 0.135. The monoisotopic (exact) mass is 519 g/mol. The normalized spacial score (nSPS) is 22.9. The summed E-state index contributed by atoms with van der Waals surface area (Å²) in [6.45, 7) is 0.555. The molecule has 2 amide bonds. The standard InChI is InChI=1S/C29H33N3O4S/c33-28(22-11-2-1-3-12-22)30-25-16-6-7-17-26(25)31-29(34)23-14-9-19-32(20-23)37(35,36)27-18-8-13-21-10-4-5-15-24(21)27/h1-5,8,10-13,15,18,23,25-26H,6-7,9,14,16-17,19-20H2,(H,30,33)(H,31,34)/t23-,25-,26-/m1/s1. The van der Waals surface area contributed by atoms with Gasteiger partial charge in [0, 0.05) is 36.1 Å². The molecule has 0 spiro atoms. The third-order valence-corrected chi connectivity index (χ3v) is 9.49. The van der Waals surface area contributed by atoms with E-state index in [4.69, 9.17) is 0 Å². The fraction of sp³-hybridized carbons (Fsp3) is 0.379. The van der Waals surface area contributed by atoms with Crippen LogP contribution in [0.5, 0.6) is 0 Å². The topological polar surface area (TPSA) is 95.6 Å². The minimum atomic E-state index is -3.75. The number of sulfonamides is 1. The average Bonchev–Trinajstić information content (AvgIpc) is 2.94. The fourth-order valence-electron chi connectivity index (χ4n) is 5.55. The van der Waals surface area contributed by atoms with Gasteiger partial charge in [-0.3, -0.25) is 9.59 Å². The van der Waals surface area contributed by atoms with Crippen molar-refractivity contribution in [3.63, 3.8) is 0 Å². The van der Waals surface area contributed by atoms with Crippen LogP contribution in [-0.4, -0.2) is 49.7 Å². The summed E-state index contributed by atoms with van der Waals surface area (Å²) in [4.78, 5) is 26.4. The van der Waals surface area contributed by atoms with Crippen molar-refractivity contribution in [1.29, 1.82) is 0 Å². The van der Waals surface area contributed by atoms with Crippen molar-refractivity contribution < 1.29 is 18.0 Å². The number of hydrogen-bond donors (Lipinski definition) is 2. The number of rotatable bonds is 6. The number of benzene rings is 3. The molecule has 37 heavy (non-hydrogen) atoms. The lowest BCUT2D eigenvalue weighted by molar-refractivity contribution is -0.127. The van der Waals surface area contributed by atoms with E-state index < -0.39 is 15.9 Å². The van der Waals surface area contributed by atoms with E-state index in [0.717, 1.165) is 31.1 Å². The first-order chi connectivity index (χ1) is 17.9. The number of nitrogens with one attached hydrogen (secondary N) is 2. The van der Waals surface area contributed by atoms with Gasteiger partial charge in [0.1, 0.15) is 0 Å². The summed E-state index contributed by atoms with van der Waals surface area (Å²) >= 11 is 0. The zero-order valence-electron chi connectivity index (χ0n) is 20.8. The van der Waals surface area contributed by atoms with Gasteiger partial charge in [-0.2, -0.15) is 4.31 Å². The predicted molar refractivity (Wildman–Crippen MR) is 144 cm³/mol. The second kappa shape index (κ2) is 11.0. The van der Waals surface area contributed by atoms with E-state index in [1.165, 1.54) is 4.31 Å². The van der Waals surface area contributed by atoms with Crippen LogP contribution >= 0.6 is 0 Å². The van der Waals surface area contributed by atoms with Crippen LogP contribution in [0.1, 0.15) is 48.9 Å². The number of hydrogen-bond acceptors (Lipinski definition) is 4. The smallest absolute Gasteiger partial charge is 0.251 e. The molecule has 1 heterocycles. The largest absolute Gasteiger partial charge is 0.351 e. The summed E-state index contributed by atoms with van der Waals surface area (Å²) < 4.78 is 28.7. The molecule has 2 aliphatic rings. The Kier molecular flexibility index (Phi) is 7.58. The van der Waals surface area contributed by atoms with Crippen LogP contribution in [0.2, 0.25) is 0 Å². The highest BCUT2D eigenvalue weighted by Crippen LogP contribution is 2.29. The van der Waals surface area contributed by atoms with Crippen LogP contribution in [-0.2, 0) is 14.8 Å². The number of piperidine rings is 1. The van der Waals surface area contributed by atoms with Crippen LogP contribution in [0.3, 0.4) is 0 Å². The molecule has 3 aromatic carbocycles. The molecule has 0 aromatic heterocycles. The average molecular weight is 520 g/mol. The lowest BCUT2D eigenvalue weighted by Crippen LogP contribution is -2.55. The summed E-state index contributed by atoms with van der Waals surface area (Å²) in [7, 11) is -3.75. The van der Waals surface area contributed by atoms with E-state index in [2.05, 4.69) is 10.6 Å². The molecule has 3 atom stereocenters. The van der Waals surface area contributed by atoms with Gasteiger partial charge in [-0.1, -0.05) is 67.4 Å². The summed E-state index contributed by atoms with van der Waals surface area (Å²) in [5.41, 5.74) is 0.597. The van der Waals surface area contributed by atoms with Gasteiger partial charge in [0.05, 0.1) is 10.8 Å². The number of carbonyl (C=O) groups excluding carboxylic acids is 2. The fourth-order valence-corrected chi connectivity index (χ4v) is 7.29. The molecular weight excluding hydrogens is 486 g/mol. The van der Waals surface area contributed by atoms with Crippen LogP contribution < -0.4 is 10.6 Å².